The van der Waals surface area contributed by atoms with Crippen LogP contribution in [0.2, 0.25) is 0 Å². The summed E-state index contributed by atoms with van der Waals surface area (Å²) in [5.74, 6) is -4.32. The second-order valence-electron chi connectivity index (χ2n) is 2.78. The molecule has 1 unspecified atom stereocenters. The third-order valence-electron chi connectivity index (χ3n) is 1.78. The molecule has 0 saturated heterocycles. The van der Waals surface area contributed by atoms with Crippen molar-refractivity contribution in [3.05, 3.63) is 0 Å². The van der Waals surface area contributed by atoms with Crippen molar-refractivity contribution >= 4 is 17.9 Å². The predicted octanol–water partition coefficient (Wildman–Crippen LogP) is -1.25. The highest BCUT2D eigenvalue weighted by Gasteiger charge is 2.32. The summed E-state index contributed by atoms with van der Waals surface area (Å²) in [6.45, 7) is 0. The van der Waals surface area contributed by atoms with Gasteiger partial charge in [0.05, 0.1) is 14.2 Å². The topological polar surface area (TPSA) is 116 Å². The van der Waals surface area contributed by atoms with Crippen molar-refractivity contribution in [2.75, 3.05) is 14.2 Å². The number of ether oxygens (including phenoxy) is 2. The average molecular weight is 219 g/mol. The van der Waals surface area contributed by atoms with E-state index in [0.29, 0.717) is 0 Å². The molecule has 0 radical (unpaired) electrons. The molecule has 86 valence electrons. The van der Waals surface area contributed by atoms with Gasteiger partial charge < -0.3 is 20.3 Å². The first kappa shape index (κ1) is 13.4. The number of aliphatic carboxylic acids is 1. The molecule has 1 atom stereocenters. The number of carbonyl (C=O) groups is 3. The third-order valence-corrected chi connectivity index (χ3v) is 1.78. The minimum Gasteiger partial charge on any atom is -0.480 e. The highest BCUT2D eigenvalue weighted by molar-refractivity contribution is 5.95. The Morgan fingerprint density at radius 1 is 1.20 bits per heavy atom. The summed E-state index contributed by atoms with van der Waals surface area (Å²) >= 11 is 0. The van der Waals surface area contributed by atoms with Crippen molar-refractivity contribution in [2.24, 2.45) is 11.7 Å². The van der Waals surface area contributed by atoms with Crippen LogP contribution in [0.5, 0.6) is 0 Å². The lowest BCUT2D eigenvalue weighted by Crippen LogP contribution is -2.38. The first-order valence-electron chi connectivity index (χ1n) is 4.08. The van der Waals surface area contributed by atoms with Crippen LogP contribution in [-0.2, 0) is 23.9 Å². The SMILES string of the molecule is COC(=O)C(CC(N)C(=O)O)C(=O)OC. The summed E-state index contributed by atoms with van der Waals surface area (Å²) in [5.41, 5.74) is 5.19. The van der Waals surface area contributed by atoms with Crippen LogP contribution in [0, 0.1) is 5.92 Å². The van der Waals surface area contributed by atoms with Crippen LogP contribution in [0.1, 0.15) is 6.42 Å². The van der Waals surface area contributed by atoms with Crippen LogP contribution in [0.3, 0.4) is 0 Å². The van der Waals surface area contributed by atoms with E-state index in [1.54, 1.807) is 0 Å². The molecule has 0 aliphatic carbocycles. The Bertz CT molecular complexity index is 248. The number of nitrogens with two attached hydrogens (primary N) is 1. The van der Waals surface area contributed by atoms with Crippen LogP contribution in [-0.4, -0.2) is 43.3 Å². The Hall–Kier alpha value is -1.63. The number of methoxy groups -OCH3 is 2. The zero-order valence-corrected chi connectivity index (χ0v) is 8.43. The van der Waals surface area contributed by atoms with Crippen LogP contribution in [0.15, 0.2) is 0 Å². The molecule has 0 amide bonds. The minimum absolute atomic E-state index is 0.353. The van der Waals surface area contributed by atoms with Gasteiger partial charge in [0.2, 0.25) is 0 Å². The lowest BCUT2D eigenvalue weighted by atomic mass is 10.0. The van der Waals surface area contributed by atoms with Gasteiger partial charge in [-0.15, -0.1) is 0 Å². The van der Waals surface area contributed by atoms with Gasteiger partial charge in [0, 0.05) is 0 Å². The lowest BCUT2D eigenvalue weighted by Gasteiger charge is -2.14. The summed E-state index contributed by atoms with van der Waals surface area (Å²) in [7, 11) is 2.18. The molecular weight excluding hydrogens is 206 g/mol. The van der Waals surface area contributed by atoms with Crippen LogP contribution < -0.4 is 5.73 Å². The van der Waals surface area contributed by atoms with Crippen LogP contribution in [0.4, 0.5) is 0 Å². The number of esters is 2. The second kappa shape index (κ2) is 5.97. The monoisotopic (exact) mass is 219 g/mol. The smallest absolute Gasteiger partial charge is 0.320 e. The number of hydrogen-bond donors (Lipinski definition) is 2. The molecule has 0 aliphatic rings. The van der Waals surface area contributed by atoms with E-state index in [2.05, 4.69) is 9.47 Å². The van der Waals surface area contributed by atoms with Crippen LogP contribution in [0.25, 0.3) is 0 Å². The number of carboxylic acid groups (broad SMARTS) is 1. The van der Waals surface area contributed by atoms with E-state index in [-0.39, 0.29) is 6.42 Å². The fourth-order valence-electron chi connectivity index (χ4n) is 0.928. The van der Waals surface area contributed by atoms with Crippen molar-refractivity contribution < 1.29 is 29.0 Å². The van der Waals surface area contributed by atoms with Gasteiger partial charge in [-0.05, 0) is 6.42 Å². The van der Waals surface area contributed by atoms with E-state index in [9.17, 15) is 14.4 Å². The van der Waals surface area contributed by atoms with Crippen molar-refractivity contribution in [1.29, 1.82) is 0 Å². The molecule has 0 rings (SSSR count). The predicted molar refractivity (Wildman–Crippen MR) is 47.8 cm³/mol. The van der Waals surface area contributed by atoms with Crippen molar-refractivity contribution in [2.45, 2.75) is 12.5 Å². The summed E-state index contributed by atoms with van der Waals surface area (Å²) in [4.78, 5) is 32.6. The number of carboxylic acids is 1. The van der Waals surface area contributed by atoms with Gasteiger partial charge in [-0.2, -0.15) is 0 Å². The van der Waals surface area contributed by atoms with Gasteiger partial charge in [0.15, 0.2) is 5.92 Å². The zero-order chi connectivity index (χ0) is 12.0. The second-order valence-corrected chi connectivity index (χ2v) is 2.78. The molecule has 0 fully saturated rings. The quantitative estimate of drug-likeness (QED) is 0.438. The van der Waals surface area contributed by atoms with E-state index < -0.39 is 29.9 Å². The molecule has 0 saturated carbocycles. The molecule has 0 aromatic carbocycles. The Labute approximate surface area is 86.1 Å². The molecule has 3 N–H and O–H groups in total. The van der Waals surface area contributed by atoms with Gasteiger partial charge in [0.1, 0.15) is 6.04 Å². The summed E-state index contributed by atoms with van der Waals surface area (Å²) in [6, 6.07) is -1.31. The van der Waals surface area contributed by atoms with Gasteiger partial charge in [0.25, 0.3) is 0 Å². The highest BCUT2D eigenvalue weighted by Crippen LogP contribution is 2.10. The molecule has 0 bridgehead atoms. The molecule has 0 heterocycles. The average Bonchev–Trinajstić information content (AvgIpc) is 2.23. The summed E-state index contributed by atoms with van der Waals surface area (Å²) in [6.07, 6.45) is -0.353. The Kier molecular flexibility index (Phi) is 5.32. The van der Waals surface area contributed by atoms with Crippen molar-refractivity contribution in [1.82, 2.24) is 0 Å². The standard InChI is InChI=1S/C8H13NO6/c1-14-7(12)4(8(13)15-2)3-5(9)6(10)11/h4-5H,3,9H2,1-2H3,(H,10,11). The van der Waals surface area contributed by atoms with E-state index in [4.69, 9.17) is 10.8 Å². The Morgan fingerprint density at radius 3 is 1.87 bits per heavy atom. The molecule has 0 aromatic heterocycles. The van der Waals surface area contributed by atoms with E-state index in [1.165, 1.54) is 0 Å². The Morgan fingerprint density at radius 2 is 1.60 bits per heavy atom. The van der Waals surface area contributed by atoms with Gasteiger partial charge in [-0.25, -0.2) is 0 Å². The minimum atomic E-state index is -1.31. The number of carbonyl (C=O) groups excluding carboxylic acids is 2. The molecular formula is C8H13NO6. The maximum absolute atomic E-state index is 11.1. The van der Waals surface area contributed by atoms with Crippen LogP contribution >= 0.6 is 0 Å². The van der Waals surface area contributed by atoms with Gasteiger partial charge in [-0.1, -0.05) is 0 Å². The lowest BCUT2D eigenvalue weighted by molar-refractivity contribution is -0.159. The zero-order valence-electron chi connectivity index (χ0n) is 8.43. The third kappa shape index (κ3) is 3.94. The van der Waals surface area contributed by atoms with Crippen molar-refractivity contribution in [3.63, 3.8) is 0 Å². The molecule has 7 nitrogen and oxygen atoms in total. The Balaban J connectivity index is 4.58. The van der Waals surface area contributed by atoms with E-state index >= 15 is 0 Å². The fourth-order valence-corrected chi connectivity index (χ4v) is 0.928. The first-order chi connectivity index (χ1) is 6.93. The molecule has 7 heteroatoms. The summed E-state index contributed by atoms with van der Waals surface area (Å²) < 4.78 is 8.66. The normalized spacial score (nSPS) is 12.0. The number of hydrogen-bond acceptors (Lipinski definition) is 6. The van der Waals surface area contributed by atoms with Gasteiger partial charge >= 0.3 is 17.9 Å². The molecule has 15 heavy (non-hydrogen) atoms. The maximum Gasteiger partial charge on any atom is 0.320 e. The first-order valence-corrected chi connectivity index (χ1v) is 4.08. The van der Waals surface area contributed by atoms with E-state index in [1.807, 2.05) is 0 Å². The largest absolute Gasteiger partial charge is 0.480 e. The summed E-state index contributed by atoms with van der Waals surface area (Å²) in [5, 5.41) is 8.51. The van der Waals surface area contributed by atoms with Crippen molar-refractivity contribution in [3.8, 4) is 0 Å². The molecule has 0 aliphatic heterocycles. The van der Waals surface area contributed by atoms with E-state index in [0.717, 1.165) is 14.2 Å². The highest BCUT2D eigenvalue weighted by atomic mass is 16.5. The van der Waals surface area contributed by atoms with Gasteiger partial charge in [-0.3, -0.25) is 14.4 Å². The number of rotatable bonds is 5. The molecule has 0 aromatic rings. The maximum atomic E-state index is 11.1. The fraction of sp³-hybridized carbons (Fsp3) is 0.625. The molecule has 0 spiro atoms.